The smallest absolute Gasteiger partial charge is 0.328 e. The van der Waals surface area contributed by atoms with Crippen LogP contribution >= 0.6 is 0 Å². The number of rotatable bonds is 3. The van der Waals surface area contributed by atoms with Gasteiger partial charge in [0.25, 0.3) is 0 Å². The van der Waals surface area contributed by atoms with Crippen molar-refractivity contribution in [3.8, 4) is 0 Å². The van der Waals surface area contributed by atoms with E-state index in [1.807, 2.05) is 4.90 Å². The maximum Gasteiger partial charge on any atom is 0.328 e. The molecule has 1 heterocycles. The Morgan fingerprint density at radius 3 is 2.29 bits per heavy atom. The second kappa shape index (κ2) is 4.45. The normalized spacial score (nSPS) is 20.1. The second-order valence-electron chi connectivity index (χ2n) is 4.58. The molecule has 0 aliphatic carbocycles. The third kappa shape index (κ3) is 2.05. The van der Waals surface area contributed by atoms with Crippen molar-refractivity contribution in [3.05, 3.63) is 35.6 Å². The maximum atomic E-state index is 12.9. The summed E-state index contributed by atoms with van der Waals surface area (Å²) in [5, 5.41) is 9.48. The van der Waals surface area contributed by atoms with E-state index in [0.29, 0.717) is 5.56 Å². The molecule has 0 saturated carbocycles. The monoisotopic (exact) mass is 237 g/mol. The Morgan fingerprint density at radius 1 is 1.29 bits per heavy atom. The molecule has 1 fully saturated rings. The van der Waals surface area contributed by atoms with Gasteiger partial charge in [-0.1, -0.05) is 12.1 Å². The van der Waals surface area contributed by atoms with Crippen molar-refractivity contribution in [3.63, 3.8) is 0 Å². The standard InChI is InChI=1S/C13H16FNO2/c1-13(12(16)17,15-8-2-3-9-15)10-4-6-11(14)7-5-10/h4-7H,2-3,8-9H2,1H3,(H,16,17). The molecule has 0 radical (unpaired) electrons. The molecule has 2 rings (SSSR count). The lowest BCUT2D eigenvalue weighted by molar-refractivity contribution is -0.150. The molecule has 1 aromatic rings. The summed E-state index contributed by atoms with van der Waals surface area (Å²) in [4.78, 5) is 13.5. The number of carboxylic acid groups (broad SMARTS) is 1. The SMILES string of the molecule is CC(C(=O)O)(c1ccc(F)cc1)N1CCCC1. The van der Waals surface area contributed by atoms with Crippen molar-refractivity contribution < 1.29 is 14.3 Å². The van der Waals surface area contributed by atoms with Crippen LogP contribution in [0.1, 0.15) is 25.3 Å². The van der Waals surface area contributed by atoms with E-state index in [2.05, 4.69) is 0 Å². The molecule has 92 valence electrons. The molecule has 1 atom stereocenters. The zero-order valence-corrected chi connectivity index (χ0v) is 9.82. The van der Waals surface area contributed by atoms with Crippen LogP contribution in [0.15, 0.2) is 24.3 Å². The van der Waals surface area contributed by atoms with Gasteiger partial charge in [-0.15, -0.1) is 0 Å². The van der Waals surface area contributed by atoms with Gasteiger partial charge in [0.1, 0.15) is 11.4 Å². The van der Waals surface area contributed by atoms with Gasteiger partial charge < -0.3 is 5.11 Å². The van der Waals surface area contributed by atoms with E-state index in [-0.39, 0.29) is 5.82 Å². The fourth-order valence-corrected chi connectivity index (χ4v) is 2.38. The maximum absolute atomic E-state index is 12.9. The Morgan fingerprint density at radius 2 is 1.82 bits per heavy atom. The lowest BCUT2D eigenvalue weighted by Gasteiger charge is -2.35. The Labute approximate surface area is 99.9 Å². The Balaban J connectivity index is 2.39. The van der Waals surface area contributed by atoms with E-state index >= 15 is 0 Å². The van der Waals surface area contributed by atoms with E-state index in [0.717, 1.165) is 25.9 Å². The van der Waals surface area contributed by atoms with Gasteiger partial charge in [0, 0.05) is 0 Å². The van der Waals surface area contributed by atoms with E-state index in [1.54, 1.807) is 19.1 Å². The van der Waals surface area contributed by atoms with E-state index in [4.69, 9.17) is 0 Å². The predicted molar refractivity (Wildman–Crippen MR) is 62.2 cm³/mol. The topological polar surface area (TPSA) is 40.5 Å². The molecular weight excluding hydrogens is 221 g/mol. The molecule has 1 aromatic carbocycles. The third-order valence-electron chi connectivity index (χ3n) is 3.56. The van der Waals surface area contributed by atoms with Gasteiger partial charge in [-0.2, -0.15) is 0 Å². The lowest BCUT2D eigenvalue weighted by Crippen LogP contribution is -2.48. The summed E-state index contributed by atoms with van der Waals surface area (Å²) in [6.07, 6.45) is 2.04. The van der Waals surface area contributed by atoms with Crippen LogP contribution in [0.5, 0.6) is 0 Å². The van der Waals surface area contributed by atoms with Crippen LogP contribution in [0.4, 0.5) is 4.39 Å². The van der Waals surface area contributed by atoms with Crippen LogP contribution in [0.25, 0.3) is 0 Å². The summed E-state index contributed by atoms with van der Waals surface area (Å²) in [5.74, 6) is -1.23. The fraction of sp³-hybridized carbons (Fsp3) is 0.462. The van der Waals surface area contributed by atoms with E-state index in [1.165, 1.54) is 12.1 Å². The number of carbonyl (C=O) groups is 1. The zero-order valence-electron chi connectivity index (χ0n) is 9.82. The number of hydrogen-bond acceptors (Lipinski definition) is 2. The fourth-order valence-electron chi connectivity index (χ4n) is 2.38. The summed E-state index contributed by atoms with van der Waals surface area (Å²) in [5.41, 5.74) is -0.419. The van der Waals surface area contributed by atoms with E-state index in [9.17, 15) is 14.3 Å². The highest BCUT2D eigenvalue weighted by molar-refractivity contribution is 5.80. The number of carboxylic acids is 1. The lowest BCUT2D eigenvalue weighted by atomic mass is 9.90. The van der Waals surface area contributed by atoms with Gasteiger partial charge in [0.05, 0.1) is 0 Å². The van der Waals surface area contributed by atoms with Crippen LogP contribution in [0.2, 0.25) is 0 Å². The number of hydrogen-bond donors (Lipinski definition) is 1. The Kier molecular flexibility index (Phi) is 3.15. The van der Waals surface area contributed by atoms with Gasteiger partial charge in [-0.25, -0.2) is 9.18 Å². The van der Waals surface area contributed by atoms with Gasteiger partial charge in [0.15, 0.2) is 0 Å². The van der Waals surface area contributed by atoms with Crippen LogP contribution in [-0.4, -0.2) is 29.1 Å². The first kappa shape index (κ1) is 12.0. The van der Waals surface area contributed by atoms with Crippen LogP contribution in [0.3, 0.4) is 0 Å². The molecule has 1 saturated heterocycles. The van der Waals surface area contributed by atoms with Gasteiger partial charge in [-0.05, 0) is 50.6 Å². The summed E-state index contributed by atoms with van der Waals surface area (Å²) < 4.78 is 12.9. The molecule has 0 aromatic heterocycles. The highest BCUT2D eigenvalue weighted by atomic mass is 19.1. The first-order chi connectivity index (χ1) is 8.05. The molecule has 3 nitrogen and oxygen atoms in total. The minimum absolute atomic E-state index is 0.345. The number of likely N-dealkylation sites (tertiary alicyclic amines) is 1. The molecule has 4 heteroatoms. The molecule has 17 heavy (non-hydrogen) atoms. The minimum atomic E-state index is -1.05. The number of nitrogens with zero attached hydrogens (tertiary/aromatic N) is 1. The van der Waals surface area contributed by atoms with Gasteiger partial charge >= 0.3 is 5.97 Å². The summed E-state index contributed by atoms with van der Waals surface area (Å²) in [7, 11) is 0. The van der Waals surface area contributed by atoms with Crippen molar-refractivity contribution in [1.29, 1.82) is 0 Å². The zero-order chi connectivity index (χ0) is 12.5. The summed E-state index contributed by atoms with van der Waals surface area (Å²) in [6, 6.07) is 5.74. The quantitative estimate of drug-likeness (QED) is 0.876. The predicted octanol–water partition coefficient (Wildman–Crippen LogP) is 2.22. The first-order valence-electron chi connectivity index (χ1n) is 5.79. The van der Waals surface area contributed by atoms with Crippen molar-refractivity contribution in [2.45, 2.75) is 25.3 Å². The molecule has 1 aliphatic heterocycles. The van der Waals surface area contributed by atoms with Gasteiger partial charge in [-0.3, -0.25) is 4.90 Å². The van der Waals surface area contributed by atoms with Gasteiger partial charge in [0.2, 0.25) is 0 Å². The second-order valence-corrected chi connectivity index (χ2v) is 4.58. The van der Waals surface area contributed by atoms with Crippen LogP contribution in [0, 0.1) is 5.82 Å². The van der Waals surface area contributed by atoms with Crippen molar-refractivity contribution in [1.82, 2.24) is 4.90 Å². The molecular formula is C13H16FNO2. The van der Waals surface area contributed by atoms with Crippen molar-refractivity contribution >= 4 is 5.97 Å². The molecule has 1 N–H and O–H groups in total. The Bertz CT molecular complexity index is 412. The third-order valence-corrected chi connectivity index (χ3v) is 3.56. The summed E-state index contributed by atoms with van der Waals surface area (Å²) >= 11 is 0. The average Bonchev–Trinajstić information content (AvgIpc) is 2.82. The largest absolute Gasteiger partial charge is 0.480 e. The number of halogens is 1. The van der Waals surface area contributed by atoms with Crippen LogP contribution in [-0.2, 0) is 10.3 Å². The van der Waals surface area contributed by atoms with Crippen LogP contribution < -0.4 is 0 Å². The highest BCUT2D eigenvalue weighted by Crippen LogP contribution is 2.31. The summed E-state index contributed by atoms with van der Waals surface area (Å²) in [6.45, 7) is 3.24. The highest BCUT2D eigenvalue weighted by Gasteiger charge is 2.42. The number of benzene rings is 1. The Hall–Kier alpha value is -1.42. The number of aliphatic carboxylic acids is 1. The first-order valence-corrected chi connectivity index (χ1v) is 5.79. The van der Waals surface area contributed by atoms with Crippen molar-refractivity contribution in [2.24, 2.45) is 0 Å². The molecule has 1 aliphatic rings. The minimum Gasteiger partial charge on any atom is -0.480 e. The van der Waals surface area contributed by atoms with E-state index < -0.39 is 11.5 Å². The molecule has 0 bridgehead atoms. The molecule has 0 spiro atoms. The molecule has 1 unspecified atom stereocenters. The van der Waals surface area contributed by atoms with Crippen molar-refractivity contribution in [2.75, 3.05) is 13.1 Å². The average molecular weight is 237 g/mol. The molecule has 0 amide bonds.